The Hall–Kier alpha value is -1.47. The third kappa shape index (κ3) is 5.01. The average molecular weight is 347 g/mol. The second kappa shape index (κ2) is 8.76. The van der Waals surface area contributed by atoms with Crippen LogP contribution in [0.2, 0.25) is 0 Å². The number of hydrogen-bond donors (Lipinski definition) is 1. The van der Waals surface area contributed by atoms with E-state index in [2.05, 4.69) is 16.7 Å². The van der Waals surface area contributed by atoms with Gasteiger partial charge < -0.3 is 14.7 Å². The zero-order valence-electron chi connectivity index (χ0n) is 15.0. The number of β-amino-alcohol motifs (C(OH)–C–C–N with tert-alkyl or cyclic N) is 1. The van der Waals surface area contributed by atoms with E-state index >= 15 is 0 Å². The number of rotatable bonds is 5. The maximum Gasteiger partial charge on any atom is 0.236 e. The summed E-state index contributed by atoms with van der Waals surface area (Å²) in [6.45, 7) is 8.59. The monoisotopic (exact) mass is 347 g/mol. The standard InChI is InChI=1S/C19H29N3O3/c1-16-13-20(15-19(24)21-9-11-25-12-10-21)7-8-22(16)14-18(23)17-5-3-2-4-6-17/h2-6,16,18,23H,7-15H2,1H3. The zero-order chi connectivity index (χ0) is 17.6. The second-order valence-electron chi connectivity index (χ2n) is 7.00. The predicted molar refractivity (Wildman–Crippen MR) is 96.3 cm³/mol. The van der Waals surface area contributed by atoms with Gasteiger partial charge in [-0.15, -0.1) is 0 Å². The van der Waals surface area contributed by atoms with Crippen LogP contribution in [0.5, 0.6) is 0 Å². The van der Waals surface area contributed by atoms with E-state index < -0.39 is 6.10 Å². The van der Waals surface area contributed by atoms with Gasteiger partial charge >= 0.3 is 0 Å². The topological polar surface area (TPSA) is 56.2 Å². The molecule has 1 aromatic rings. The van der Waals surface area contributed by atoms with Crippen molar-refractivity contribution in [2.45, 2.75) is 19.1 Å². The summed E-state index contributed by atoms with van der Waals surface area (Å²) in [6, 6.07) is 10.1. The second-order valence-corrected chi connectivity index (χ2v) is 7.00. The molecule has 0 spiro atoms. The molecule has 0 aromatic heterocycles. The van der Waals surface area contributed by atoms with Crippen molar-refractivity contribution in [1.82, 2.24) is 14.7 Å². The van der Waals surface area contributed by atoms with Crippen LogP contribution >= 0.6 is 0 Å². The van der Waals surface area contributed by atoms with E-state index in [0.29, 0.717) is 45.4 Å². The SMILES string of the molecule is CC1CN(CC(=O)N2CCOCC2)CCN1CC(O)c1ccccc1. The Morgan fingerprint density at radius 2 is 1.92 bits per heavy atom. The number of hydrogen-bond acceptors (Lipinski definition) is 5. The van der Waals surface area contributed by atoms with Crippen molar-refractivity contribution < 1.29 is 14.6 Å². The lowest BCUT2D eigenvalue weighted by Gasteiger charge is -2.41. The number of benzene rings is 1. The van der Waals surface area contributed by atoms with Crippen LogP contribution in [0.4, 0.5) is 0 Å². The van der Waals surface area contributed by atoms with Crippen molar-refractivity contribution in [3.05, 3.63) is 35.9 Å². The maximum atomic E-state index is 12.4. The Kier molecular flexibility index (Phi) is 6.42. The first kappa shape index (κ1) is 18.3. The first-order valence-electron chi connectivity index (χ1n) is 9.18. The lowest BCUT2D eigenvalue weighted by atomic mass is 10.1. The summed E-state index contributed by atoms with van der Waals surface area (Å²) >= 11 is 0. The molecule has 25 heavy (non-hydrogen) atoms. The number of carbonyl (C=O) groups excluding carboxylic acids is 1. The number of piperazine rings is 1. The molecule has 0 aliphatic carbocycles. The van der Waals surface area contributed by atoms with Crippen LogP contribution in [-0.4, -0.2) is 90.8 Å². The van der Waals surface area contributed by atoms with E-state index in [0.717, 1.165) is 25.2 Å². The van der Waals surface area contributed by atoms with Gasteiger partial charge in [0.25, 0.3) is 0 Å². The molecule has 1 N–H and O–H groups in total. The molecule has 2 aliphatic rings. The van der Waals surface area contributed by atoms with Crippen LogP contribution in [0.25, 0.3) is 0 Å². The Morgan fingerprint density at radius 1 is 1.20 bits per heavy atom. The first-order valence-corrected chi connectivity index (χ1v) is 9.18. The van der Waals surface area contributed by atoms with Crippen LogP contribution in [0.15, 0.2) is 30.3 Å². The minimum atomic E-state index is -0.467. The van der Waals surface area contributed by atoms with Crippen LogP contribution in [0, 0.1) is 0 Å². The van der Waals surface area contributed by atoms with Crippen LogP contribution in [0.3, 0.4) is 0 Å². The van der Waals surface area contributed by atoms with E-state index in [-0.39, 0.29) is 5.91 Å². The van der Waals surface area contributed by atoms with Gasteiger partial charge in [0.15, 0.2) is 0 Å². The molecule has 0 saturated carbocycles. The lowest BCUT2D eigenvalue weighted by Crippen LogP contribution is -2.55. The summed E-state index contributed by atoms with van der Waals surface area (Å²) in [4.78, 5) is 18.8. The fraction of sp³-hybridized carbons (Fsp3) is 0.632. The number of carbonyl (C=O) groups is 1. The molecule has 1 amide bonds. The molecule has 0 radical (unpaired) electrons. The minimum Gasteiger partial charge on any atom is -0.387 e. The Bertz CT molecular complexity index is 548. The summed E-state index contributed by atoms with van der Waals surface area (Å²) < 4.78 is 5.31. The minimum absolute atomic E-state index is 0.202. The number of amides is 1. The van der Waals surface area contributed by atoms with Crippen molar-refractivity contribution in [3.8, 4) is 0 Å². The normalized spacial score (nSPS) is 24.2. The fourth-order valence-corrected chi connectivity index (χ4v) is 3.59. The van der Waals surface area contributed by atoms with E-state index in [1.807, 2.05) is 35.2 Å². The summed E-state index contributed by atoms with van der Waals surface area (Å²) in [6.07, 6.45) is -0.467. The van der Waals surface area contributed by atoms with Gasteiger partial charge in [0.2, 0.25) is 5.91 Å². The van der Waals surface area contributed by atoms with E-state index in [9.17, 15) is 9.90 Å². The third-order valence-corrected chi connectivity index (χ3v) is 5.16. The van der Waals surface area contributed by atoms with Gasteiger partial charge in [0.05, 0.1) is 25.9 Å². The predicted octanol–water partition coefficient (Wildman–Crippen LogP) is 0.585. The highest BCUT2D eigenvalue weighted by Crippen LogP contribution is 2.18. The summed E-state index contributed by atoms with van der Waals surface area (Å²) in [5.74, 6) is 0.202. The number of aliphatic hydroxyl groups excluding tert-OH is 1. The molecule has 0 bridgehead atoms. The van der Waals surface area contributed by atoms with Crippen molar-refractivity contribution in [2.75, 3.05) is 59.0 Å². The number of nitrogens with zero attached hydrogens (tertiary/aromatic N) is 3. The van der Waals surface area contributed by atoms with Crippen LogP contribution in [-0.2, 0) is 9.53 Å². The molecule has 2 unspecified atom stereocenters. The molecular formula is C19H29N3O3. The molecule has 3 rings (SSSR count). The van der Waals surface area contributed by atoms with Gasteiger partial charge in [0, 0.05) is 45.3 Å². The Morgan fingerprint density at radius 3 is 2.60 bits per heavy atom. The molecule has 1 aromatic carbocycles. The van der Waals surface area contributed by atoms with Gasteiger partial charge in [-0.3, -0.25) is 14.6 Å². The fourth-order valence-electron chi connectivity index (χ4n) is 3.59. The van der Waals surface area contributed by atoms with E-state index in [1.54, 1.807) is 0 Å². The number of morpholine rings is 1. The van der Waals surface area contributed by atoms with Gasteiger partial charge in [-0.1, -0.05) is 30.3 Å². The zero-order valence-corrected chi connectivity index (χ0v) is 15.0. The highest BCUT2D eigenvalue weighted by atomic mass is 16.5. The molecule has 2 aliphatic heterocycles. The number of aliphatic hydroxyl groups is 1. The molecule has 138 valence electrons. The van der Waals surface area contributed by atoms with Crippen molar-refractivity contribution >= 4 is 5.91 Å². The third-order valence-electron chi connectivity index (χ3n) is 5.16. The van der Waals surface area contributed by atoms with E-state index in [1.165, 1.54) is 0 Å². The molecule has 2 saturated heterocycles. The Labute approximate surface area is 150 Å². The van der Waals surface area contributed by atoms with E-state index in [4.69, 9.17) is 4.74 Å². The van der Waals surface area contributed by atoms with Crippen molar-refractivity contribution in [1.29, 1.82) is 0 Å². The van der Waals surface area contributed by atoms with Gasteiger partial charge in [-0.05, 0) is 12.5 Å². The van der Waals surface area contributed by atoms with Crippen LogP contribution < -0.4 is 0 Å². The quantitative estimate of drug-likeness (QED) is 0.845. The average Bonchev–Trinajstić information content (AvgIpc) is 2.65. The smallest absolute Gasteiger partial charge is 0.236 e. The summed E-state index contributed by atoms with van der Waals surface area (Å²) in [5.41, 5.74) is 0.958. The van der Waals surface area contributed by atoms with Crippen molar-refractivity contribution in [3.63, 3.8) is 0 Å². The van der Waals surface area contributed by atoms with Gasteiger partial charge in [-0.25, -0.2) is 0 Å². The van der Waals surface area contributed by atoms with Crippen molar-refractivity contribution in [2.24, 2.45) is 0 Å². The summed E-state index contributed by atoms with van der Waals surface area (Å²) in [7, 11) is 0. The lowest BCUT2D eigenvalue weighted by molar-refractivity contribution is -0.137. The molecule has 2 heterocycles. The largest absolute Gasteiger partial charge is 0.387 e. The molecule has 6 nitrogen and oxygen atoms in total. The van der Waals surface area contributed by atoms with Gasteiger partial charge in [0.1, 0.15) is 0 Å². The first-order chi connectivity index (χ1) is 12.1. The van der Waals surface area contributed by atoms with Crippen LogP contribution in [0.1, 0.15) is 18.6 Å². The highest BCUT2D eigenvalue weighted by Gasteiger charge is 2.28. The molecule has 2 fully saturated rings. The van der Waals surface area contributed by atoms with Gasteiger partial charge in [-0.2, -0.15) is 0 Å². The Balaban J connectivity index is 1.46. The highest BCUT2D eigenvalue weighted by molar-refractivity contribution is 5.78. The number of ether oxygens (including phenoxy) is 1. The maximum absolute atomic E-state index is 12.4. The molecule has 6 heteroatoms. The summed E-state index contributed by atoms with van der Waals surface area (Å²) in [5, 5.41) is 10.4. The molecule has 2 atom stereocenters. The molecular weight excluding hydrogens is 318 g/mol.